The van der Waals surface area contributed by atoms with Crippen molar-refractivity contribution >= 4 is 39.0 Å². The van der Waals surface area contributed by atoms with Crippen molar-refractivity contribution in [2.45, 2.75) is 72.8 Å². The normalized spacial score (nSPS) is 24.8. The molecule has 1 aliphatic heterocycles. The Bertz CT molecular complexity index is 1130. The van der Waals surface area contributed by atoms with E-state index in [0.29, 0.717) is 22.2 Å². The maximum Gasteiger partial charge on any atom is 0.225 e. The number of aryl methyl sites for hydroxylation is 2. The third kappa shape index (κ3) is 3.66. The molecule has 2 atom stereocenters. The van der Waals surface area contributed by atoms with Gasteiger partial charge in [-0.05, 0) is 65.7 Å². The van der Waals surface area contributed by atoms with Crippen molar-refractivity contribution in [3.8, 4) is 11.1 Å². The van der Waals surface area contributed by atoms with Gasteiger partial charge in [0.2, 0.25) is 5.28 Å². The van der Waals surface area contributed by atoms with Gasteiger partial charge in [0.1, 0.15) is 10.6 Å². The molecular formula is C26H32ClN3S. The van der Waals surface area contributed by atoms with Gasteiger partial charge in [-0.25, -0.2) is 4.98 Å². The molecule has 5 heteroatoms. The number of rotatable bonds is 4. The minimum Gasteiger partial charge on any atom is -0.352 e. The Balaban J connectivity index is 1.71. The van der Waals surface area contributed by atoms with Crippen LogP contribution in [-0.2, 0) is 12.8 Å². The van der Waals surface area contributed by atoms with Gasteiger partial charge in [-0.3, -0.25) is 0 Å². The number of thiophene rings is 1. The van der Waals surface area contributed by atoms with Gasteiger partial charge >= 0.3 is 0 Å². The number of halogens is 1. The molecule has 0 N–H and O–H groups in total. The number of nitrogens with zero attached hydrogens (tertiary/aromatic N) is 3. The first-order chi connectivity index (χ1) is 14.7. The summed E-state index contributed by atoms with van der Waals surface area (Å²) in [5.74, 6) is 1.05. The van der Waals surface area contributed by atoms with Crippen molar-refractivity contribution in [1.29, 1.82) is 0 Å². The van der Waals surface area contributed by atoms with Crippen LogP contribution < -0.4 is 4.90 Å². The quantitative estimate of drug-likeness (QED) is 0.382. The van der Waals surface area contributed by atoms with Crippen molar-refractivity contribution in [3.05, 3.63) is 40.0 Å². The molecule has 2 aliphatic rings. The standard InChI is InChI=1S/C26H32ClN3S/c1-6-16-8-10-17(11-9-16)20-19(7-2)31-23-21(20)22(28-24(27)29-23)30-15-26(5)13-18(30)12-25(3,4)14-26/h8-11,18H,6-7,12-15H2,1-5H3. The van der Waals surface area contributed by atoms with E-state index in [4.69, 9.17) is 16.6 Å². The van der Waals surface area contributed by atoms with Crippen LogP contribution in [-0.4, -0.2) is 22.6 Å². The Morgan fingerprint density at radius 1 is 1.06 bits per heavy atom. The van der Waals surface area contributed by atoms with E-state index >= 15 is 0 Å². The molecule has 164 valence electrons. The number of fused-ring (bicyclic) bond motifs is 3. The number of benzene rings is 1. The molecule has 3 aromatic rings. The maximum absolute atomic E-state index is 6.48. The highest BCUT2D eigenvalue weighted by Crippen LogP contribution is 2.55. The number of hydrogen-bond donors (Lipinski definition) is 0. The second-order valence-electron chi connectivity index (χ2n) is 10.6. The highest BCUT2D eigenvalue weighted by atomic mass is 35.5. The second kappa shape index (κ2) is 7.45. The van der Waals surface area contributed by atoms with Gasteiger partial charge in [-0.1, -0.05) is 58.9 Å². The summed E-state index contributed by atoms with van der Waals surface area (Å²) >= 11 is 8.26. The SMILES string of the molecule is CCc1ccc(-c2c(CC)sc3nc(Cl)nc(N4CC5(C)CC4CC(C)(C)C5)c23)cc1. The Labute approximate surface area is 194 Å². The summed E-state index contributed by atoms with van der Waals surface area (Å²) in [5.41, 5.74) is 4.64. The third-order valence-corrected chi connectivity index (χ3v) is 8.63. The van der Waals surface area contributed by atoms with Crippen LogP contribution >= 0.6 is 22.9 Å². The van der Waals surface area contributed by atoms with E-state index in [-0.39, 0.29) is 0 Å². The smallest absolute Gasteiger partial charge is 0.225 e. The molecule has 1 aromatic carbocycles. The molecule has 0 radical (unpaired) electrons. The summed E-state index contributed by atoms with van der Waals surface area (Å²) in [5, 5.41) is 1.56. The van der Waals surface area contributed by atoms with Crippen molar-refractivity contribution in [2.75, 3.05) is 11.4 Å². The molecule has 3 nitrogen and oxygen atoms in total. The molecule has 1 saturated carbocycles. The maximum atomic E-state index is 6.48. The van der Waals surface area contributed by atoms with E-state index < -0.39 is 0 Å². The Hall–Kier alpha value is -1.65. The fourth-order valence-electron chi connectivity index (χ4n) is 6.38. The number of anilines is 1. The van der Waals surface area contributed by atoms with E-state index in [0.717, 1.165) is 30.0 Å². The van der Waals surface area contributed by atoms with Gasteiger partial charge in [0.15, 0.2) is 0 Å². The fourth-order valence-corrected chi connectivity index (χ4v) is 7.72. The lowest BCUT2D eigenvalue weighted by Gasteiger charge is -2.39. The van der Waals surface area contributed by atoms with E-state index in [9.17, 15) is 0 Å². The second-order valence-corrected chi connectivity index (χ2v) is 12.1. The van der Waals surface area contributed by atoms with E-state index in [1.807, 2.05) is 0 Å². The van der Waals surface area contributed by atoms with Gasteiger partial charge < -0.3 is 4.90 Å². The lowest BCUT2D eigenvalue weighted by Crippen LogP contribution is -2.35. The largest absolute Gasteiger partial charge is 0.352 e. The predicted octanol–water partition coefficient (Wildman–Crippen LogP) is 7.54. The van der Waals surface area contributed by atoms with Crippen molar-refractivity contribution < 1.29 is 0 Å². The predicted molar refractivity (Wildman–Crippen MR) is 133 cm³/mol. The summed E-state index contributed by atoms with van der Waals surface area (Å²) < 4.78 is 0. The van der Waals surface area contributed by atoms with Crippen molar-refractivity contribution in [2.24, 2.45) is 10.8 Å². The average Bonchev–Trinajstić information content (AvgIpc) is 3.20. The van der Waals surface area contributed by atoms with Crippen LogP contribution in [0.25, 0.3) is 21.3 Å². The van der Waals surface area contributed by atoms with Crippen LogP contribution in [0.3, 0.4) is 0 Å². The summed E-state index contributed by atoms with van der Waals surface area (Å²) in [6.45, 7) is 12.8. The van der Waals surface area contributed by atoms with E-state index in [1.54, 1.807) is 11.3 Å². The topological polar surface area (TPSA) is 29.0 Å². The molecule has 2 aromatic heterocycles. The van der Waals surface area contributed by atoms with Crippen LogP contribution in [0.2, 0.25) is 5.28 Å². The van der Waals surface area contributed by atoms with Crippen LogP contribution in [0.4, 0.5) is 5.82 Å². The zero-order valence-corrected chi connectivity index (χ0v) is 20.8. The first kappa shape index (κ1) is 21.2. The van der Waals surface area contributed by atoms with E-state index in [2.05, 4.69) is 68.8 Å². The van der Waals surface area contributed by atoms with Crippen LogP contribution in [0.1, 0.15) is 64.3 Å². The number of aromatic nitrogens is 2. The van der Waals surface area contributed by atoms with Gasteiger partial charge in [-0.15, -0.1) is 11.3 Å². The van der Waals surface area contributed by atoms with Crippen LogP contribution in [0, 0.1) is 10.8 Å². The minimum absolute atomic E-state index is 0.336. The highest BCUT2D eigenvalue weighted by Gasteiger charge is 2.50. The molecule has 0 amide bonds. The molecule has 1 aliphatic carbocycles. The lowest BCUT2D eigenvalue weighted by atomic mass is 9.65. The molecular weight excluding hydrogens is 422 g/mol. The Morgan fingerprint density at radius 2 is 1.81 bits per heavy atom. The third-order valence-electron chi connectivity index (χ3n) is 7.24. The van der Waals surface area contributed by atoms with Gasteiger partial charge in [0.25, 0.3) is 0 Å². The zero-order chi connectivity index (χ0) is 22.0. The first-order valence-electron chi connectivity index (χ1n) is 11.6. The highest BCUT2D eigenvalue weighted by molar-refractivity contribution is 7.19. The lowest BCUT2D eigenvalue weighted by molar-refractivity contribution is 0.136. The zero-order valence-electron chi connectivity index (χ0n) is 19.3. The molecule has 31 heavy (non-hydrogen) atoms. The summed E-state index contributed by atoms with van der Waals surface area (Å²) in [4.78, 5) is 14.5. The molecule has 2 bridgehead atoms. The van der Waals surface area contributed by atoms with E-state index in [1.165, 1.54) is 46.2 Å². The molecule has 1 saturated heterocycles. The average molecular weight is 454 g/mol. The molecule has 5 rings (SSSR count). The molecule has 3 heterocycles. The molecule has 2 unspecified atom stereocenters. The molecule has 2 fully saturated rings. The fraction of sp³-hybridized carbons (Fsp3) is 0.538. The summed E-state index contributed by atoms with van der Waals surface area (Å²) in [6, 6.07) is 9.56. The summed E-state index contributed by atoms with van der Waals surface area (Å²) in [7, 11) is 0. The van der Waals surface area contributed by atoms with Crippen LogP contribution in [0.5, 0.6) is 0 Å². The monoisotopic (exact) mass is 453 g/mol. The van der Waals surface area contributed by atoms with Gasteiger partial charge in [-0.2, -0.15) is 4.98 Å². The Kier molecular flexibility index (Phi) is 5.10. The van der Waals surface area contributed by atoms with Gasteiger partial charge in [0.05, 0.1) is 5.39 Å². The minimum atomic E-state index is 0.336. The summed E-state index contributed by atoms with van der Waals surface area (Å²) in [6.07, 6.45) is 5.75. The van der Waals surface area contributed by atoms with Crippen molar-refractivity contribution in [1.82, 2.24) is 9.97 Å². The molecule has 0 spiro atoms. The number of hydrogen-bond acceptors (Lipinski definition) is 4. The van der Waals surface area contributed by atoms with Crippen LogP contribution in [0.15, 0.2) is 24.3 Å². The Morgan fingerprint density at radius 3 is 2.48 bits per heavy atom. The van der Waals surface area contributed by atoms with Gasteiger partial charge in [0, 0.05) is 23.0 Å². The van der Waals surface area contributed by atoms with Crippen molar-refractivity contribution in [3.63, 3.8) is 0 Å². The first-order valence-corrected chi connectivity index (χ1v) is 12.8.